The zero-order valence-electron chi connectivity index (χ0n) is 15.8. The smallest absolute Gasteiger partial charge is 0.272 e. The zero-order chi connectivity index (χ0) is 17.2. The van der Waals surface area contributed by atoms with E-state index < -0.39 is 0 Å². The molecular formula is C19H33ClN4O. The highest BCUT2D eigenvalue weighted by Gasteiger charge is 2.35. The minimum absolute atomic E-state index is 0. The van der Waals surface area contributed by atoms with E-state index in [4.69, 9.17) is 0 Å². The fraction of sp³-hybridized carbons (Fsp3) is 0.789. The number of halogens is 1. The van der Waals surface area contributed by atoms with Gasteiger partial charge in [-0.05, 0) is 49.6 Å². The number of piperidine rings is 1. The lowest BCUT2D eigenvalue weighted by atomic mass is 9.69. The van der Waals surface area contributed by atoms with E-state index in [9.17, 15) is 4.79 Å². The van der Waals surface area contributed by atoms with E-state index in [2.05, 4.69) is 36.5 Å². The van der Waals surface area contributed by atoms with E-state index >= 15 is 0 Å². The van der Waals surface area contributed by atoms with Gasteiger partial charge in [0.2, 0.25) is 0 Å². The average Bonchev–Trinajstić information content (AvgIpc) is 3.05. The molecule has 3 unspecified atom stereocenters. The molecule has 0 aromatic carbocycles. The zero-order valence-corrected chi connectivity index (χ0v) is 16.6. The molecule has 142 valence electrons. The first-order valence-corrected chi connectivity index (χ1v) is 9.52. The summed E-state index contributed by atoms with van der Waals surface area (Å²) < 4.78 is 1.96. The van der Waals surface area contributed by atoms with Crippen molar-refractivity contribution in [1.82, 2.24) is 20.4 Å². The third-order valence-electron chi connectivity index (χ3n) is 5.68. The molecule has 1 aromatic heterocycles. The molecule has 1 amide bonds. The van der Waals surface area contributed by atoms with E-state index in [0.29, 0.717) is 17.7 Å². The van der Waals surface area contributed by atoms with Crippen LogP contribution in [-0.4, -0.2) is 34.8 Å². The first kappa shape index (κ1) is 20.2. The Labute approximate surface area is 157 Å². The quantitative estimate of drug-likeness (QED) is 0.857. The van der Waals surface area contributed by atoms with Gasteiger partial charge in [-0.1, -0.05) is 33.6 Å². The van der Waals surface area contributed by atoms with Crippen molar-refractivity contribution in [1.29, 1.82) is 0 Å². The molecule has 2 N–H and O–H groups in total. The molecule has 5 nitrogen and oxygen atoms in total. The van der Waals surface area contributed by atoms with Crippen LogP contribution in [0.4, 0.5) is 0 Å². The Morgan fingerprint density at radius 1 is 1.24 bits per heavy atom. The molecule has 1 aliphatic heterocycles. The second kappa shape index (κ2) is 8.54. The summed E-state index contributed by atoms with van der Waals surface area (Å²) in [4.78, 5) is 12.7. The molecule has 25 heavy (non-hydrogen) atoms. The molecule has 1 saturated heterocycles. The summed E-state index contributed by atoms with van der Waals surface area (Å²) >= 11 is 0. The molecule has 1 saturated carbocycles. The van der Waals surface area contributed by atoms with E-state index in [0.717, 1.165) is 25.9 Å². The van der Waals surface area contributed by atoms with Gasteiger partial charge in [-0.2, -0.15) is 5.10 Å². The molecule has 0 spiro atoms. The highest BCUT2D eigenvalue weighted by Crippen LogP contribution is 2.38. The van der Waals surface area contributed by atoms with Crippen LogP contribution in [0.2, 0.25) is 0 Å². The number of hydrogen-bond donors (Lipinski definition) is 2. The standard InChI is InChI=1S/C19H32N4O.ClH/c1-19(2,3)15-8-4-5-9-16(15)21-18(24)17-10-12-23(22-17)14-7-6-11-20-13-14;/h10,12,14-16,20H,4-9,11,13H2,1-3H3,(H,21,24);1H. The lowest BCUT2D eigenvalue weighted by Gasteiger charge is -2.40. The number of carbonyl (C=O) groups excluding carboxylic acids is 1. The molecule has 6 heteroatoms. The van der Waals surface area contributed by atoms with Crippen molar-refractivity contribution >= 4 is 18.3 Å². The summed E-state index contributed by atoms with van der Waals surface area (Å²) in [6, 6.07) is 2.50. The maximum atomic E-state index is 12.7. The Morgan fingerprint density at radius 2 is 2.00 bits per heavy atom. The van der Waals surface area contributed by atoms with E-state index in [1.807, 2.05) is 16.9 Å². The van der Waals surface area contributed by atoms with Crippen LogP contribution in [0.3, 0.4) is 0 Å². The van der Waals surface area contributed by atoms with Gasteiger partial charge in [0.25, 0.3) is 5.91 Å². The molecule has 1 aromatic rings. The van der Waals surface area contributed by atoms with Crippen molar-refractivity contribution in [3.63, 3.8) is 0 Å². The van der Waals surface area contributed by atoms with Gasteiger partial charge in [0, 0.05) is 18.8 Å². The van der Waals surface area contributed by atoms with Gasteiger partial charge in [0.15, 0.2) is 0 Å². The second-order valence-corrected chi connectivity index (χ2v) is 8.52. The predicted molar refractivity (Wildman–Crippen MR) is 103 cm³/mol. The van der Waals surface area contributed by atoms with Crippen molar-refractivity contribution in [2.24, 2.45) is 11.3 Å². The topological polar surface area (TPSA) is 59.0 Å². The molecule has 0 bridgehead atoms. The SMILES string of the molecule is CC(C)(C)C1CCCCC1NC(=O)c1ccn(C2CCCNC2)n1.Cl. The number of hydrogen-bond acceptors (Lipinski definition) is 3. The average molecular weight is 369 g/mol. The predicted octanol–water partition coefficient (Wildman–Crippen LogP) is 3.56. The van der Waals surface area contributed by atoms with Gasteiger partial charge in [-0.3, -0.25) is 9.48 Å². The molecular weight excluding hydrogens is 336 g/mol. The summed E-state index contributed by atoms with van der Waals surface area (Å²) in [6.07, 6.45) is 9.02. The van der Waals surface area contributed by atoms with Crippen molar-refractivity contribution in [2.45, 2.75) is 71.4 Å². The fourth-order valence-corrected chi connectivity index (χ4v) is 4.30. The Bertz CT molecular complexity index is 560. The normalized spacial score (nSPS) is 27.4. The molecule has 1 aliphatic carbocycles. The third kappa shape index (κ3) is 4.98. The van der Waals surface area contributed by atoms with E-state index in [1.165, 1.54) is 25.7 Å². The largest absolute Gasteiger partial charge is 0.348 e. The number of aromatic nitrogens is 2. The van der Waals surface area contributed by atoms with E-state index in [-0.39, 0.29) is 29.8 Å². The highest BCUT2D eigenvalue weighted by molar-refractivity contribution is 5.92. The molecule has 2 heterocycles. The second-order valence-electron chi connectivity index (χ2n) is 8.52. The van der Waals surface area contributed by atoms with Crippen molar-refractivity contribution in [3.05, 3.63) is 18.0 Å². The number of amides is 1. The lowest BCUT2D eigenvalue weighted by Crippen LogP contribution is -2.46. The number of carbonyl (C=O) groups is 1. The van der Waals surface area contributed by atoms with Crippen LogP contribution >= 0.6 is 12.4 Å². The van der Waals surface area contributed by atoms with Crippen molar-refractivity contribution in [3.8, 4) is 0 Å². The van der Waals surface area contributed by atoms with Crippen molar-refractivity contribution in [2.75, 3.05) is 13.1 Å². The van der Waals surface area contributed by atoms with Gasteiger partial charge >= 0.3 is 0 Å². The van der Waals surface area contributed by atoms with Crippen LogP contribution < -0.4 is 10.6 Å². The van der Waals surface area contributed by atoms with Gasteiger partial charge < -0.3 is 10.6 Å². The number of nitrogens with zero attached hydrogens (tertiary/aromatic N) is 2. The van der Waals surface area contributed by atoms with Gasteiger partial charge in [0.1, 0.15) is 5.69 Å². The summed E-state index contributed by atoms with van der Waals surface area (Å²) in [5.41, 5.74) is 0.782. The van der Waals surface area contributed by atoms with Gasteiger partial charge in [0.05, 0.1) is 6.04 Å². The Kier molecular flexibility index (Phi) is 6.92. The maximum absolute atomic E-state index is 12.7. The fourth-order valence-electron chi connectivity index (χ4n) is 4.30. The molecule has 3 atom stereocenters. The maximum Gasteiger partial charge on any atom is 0.272 e. The summed E-state index contributed by atoms with van der Waals surface area (Å²) in [6.45, 7) is 8.88. The van der Waals surface area contributed by atoms with Gasteiger partial charge in [-0.25, -0.2) is 0 Å². The molecule has 0 radical (unpaired) electrons. The Morgan fingerprint density at radius 3 is 2.68 bits per heavy atom. The number of nitrogens with one attached hydrogen (secondary N) is 2. The molecule has 2 fully saturated rings. The highest BCUT2D eigenvalue weighted by atomic mass is 35.5. The van der Waals surface area contributed by atoms with Crippen LogP contribution in [0.5, 0.6) is 0 Å². The van der Waals surface area contributed by atoms with Crippen LogP contribution in [0, 0.1) is 11.3 Å². The third-order valence-corrected chi connectivity index (χ3v) is 5.68. The van der Waals surface area contributed by atoms with Gasteiger partial charge in [-0.15, -0.1) is 12.4 Å². The summed E-state index contributed by atoms with van der Waals surface area (Å²) in [5.74, 6) is 0.526. The van der Waals surface area contributed by atoms with Crippen LogP contribution in [0.25, 0.3) is 0 Å². The van der Waals surface area contributed by atoms with Crippen molar-refractivity contribution < 1.29 is 4.79 Å². The van der Waals surface area contributed by atoms with E-state index in [1.54, 1.807) is 0 Å². The molecule has 2 aliphatic rings. The summed E-state index contributed by atoms with van der Waals surface area (Å²) in [7, 11) is 0. The first-order valence-electron chi connectivity index (χ1n) is 9.52. The minimum Gasteiger partial charge on any atom is -0.348 e. The minimum atomic E-state index is -0.0151. The van der Waals surface area contributed by atoms with Crippen LogP contribution in [0.15, 0.2) is 12.3 Å². The molecule has 3 rings (SSSR count). The first-order chi connectivity index (χ1) is 11.4. The monoisotopic (exact) mass is 368 g/mol. The van der Waals surface area contributed by atoms with Crippen LogP contribution in [0.1, 0.15) is 75.8 Å². The summed E-state index contributed by atoms with van der Waals surface area (Å²) in [5, 5.41) is 11.2. The Balaban J connectivity index is 0.00000225. The number of rotatable bonds is 3. The Hall–Kier alpha value is -1.07. The van der Waals surface area contributed by atoms with Crippen LogP contribution in [-0.2, 0) is 0 Å². The lowest BCUT2D eigenvalue weighted by molar-refractivity contribution is 0.0824.